The molecule has 5 nitrogen and oxygen atoms in total. The molecule has 0 aliphatic carbocycles. The van der Waals surface area contributed by atoms with E-state index in [9.17, 15) is 4.79 Å². The third-order valence-corrected chi connectivity index (χ3v) is 3.93. The molecule has 0 aliphatic rings. The number of amides is 1. The van der Waals surface area contributed by atoms with Crippen LogP contribution in [0.3, 0.4) is 0 Å². The molecule has 6 heteroatoms. The minimum atomic E-state index is -0.142. The van der Waals surface area contributed by atoms with E-state index in [0.29, 0.717) is 17.9 Å². The number of nitrogens with zero attached hydrogens (tertiary/aromatic N) is 2. The van der Waals surface area contributed by atoms with E-state index in [1.54, 1.807) is 36.7 Å². The van der Waals surface area contributed by atoms with Gasteiger partial charge in [-0.05, 0) is 25.5 Å². The Kier molecular flexibility index (Phi) is 4.68. The SMILES string of the molecule is CCc1nc(C)sc1CNc1ncccc1C(=O)NC. The Morgan fingerprint density at radius 2 is 2.25 bits per heavy atom. The fourth-order valence-corrected chi connectivity index (χ4v) is 2.92. The zero-order valence-electron chi connectivity index (χ0n) is 11.9. The lowest BCUT2D eigenvalue weighted by Gasteiger charge is -2.09. The molecule has 0 unspecified atom stereocenters. The second-order valence-electron chi connectivity index (χ2n) is 4.29. The van der Waals surface area contributed by atoms with Crippen LogP contribution in [0.25, 0.3) is 0 Å². The summed E-state index contributed by atoms with van der Waals surface area (Å²) in [4.78, 5) is 21.7. The first-order valence-electron chi connectivity index (χ1n) is 6.51. The first kappa shape index (κ1) is 14.5. The molecule has 2 rings (SSSR count). The van der Waals surface area contributed by atoms with Gasteiger partial charge in [-0.25, -0.2) is 9.97 Å². The van der Waals surface area contributed by atoms with Crippen molar-refractivity contribution in [3.63, 3.8) is 0 Å². The zero-order chi connectivity index (χ0) is 14.5. The molecule has 0 saturated heterocycles. The van der Waals surface area contributed by atoms with Gasteiger partial charge in [-0.3, -0.25) is 4.79 Å². The van der Waals surface area contributed by atoms with Crippen molar-refractivity contribution in [2.45, 2.75) is 26.8 Å². The molecular formula is C14H18N4OS. The average Bonchev–Trinajstić information content (AvgIpc) is 2.84. The monoisotopic (exact) mass is 290 g/mol. The number of carbonyl (C=O) groups is 1. The number of rotatable bonds is 5. The number of anilines is 1. The van der Waals surface area contributed by atoms with E-state index in [2.05, 4.69) is 27.5 Å². The first-order chi connectivity index (χ1) is 9.65. The highest BCUT2D eigenvalue weighted by Crippen LogP contribution is 2.20. The standard InChI is InChI=1S/C14H18N4OS/c1-4-11-12(20-9(2)18-11)8-17-13-10(14(19)15-3)6-5-7-16-13/h5-7H,4,8H2,1-3H3,(H,15,19)(H,16,17). The van der Waals surface area contributed by atoms with Crippen molar-refractivity contribution in [2.24, 2.45) is 0 Å². The van der Waals surface area contributed by atoms with E-state index < -0.39 is 0 Å². The minimum absolute atomic E-state index is 0.142. The number of aryl methyl sites for hydroxylation is 2. The van der Waals surface area contributed by atoms with Gasteiger partial charge in [0.15, 0.2) is 0 Å². The topological polar surface area (TPSA) is 66.9 Å². The lowest BCUT2D eigenvalue weighted by molar-refractivity contribution is 0.0963. The predicted octanol–water partition coefficient (Wildman–Crippen LogP) is 2.38. The van der Waals surface area contributed by atoms with E-state index >= 15 is 0 Å². The number of hydrogen-bond acceptors (Lipinski definition) is 5. The highest BCUT2D eigenvalue weighted by molar-refractivity contribution is 7.11. The summed E-state index contributed by atoms with van der Waals surface area (Å²) in [7, 11) is 1.61. The van der Waals surface area contributed by atoms with Crippen LogP contribution in [-0.4, -0.2) is 22.9 Å². The maximum atomic E-state index is 11.8. The smallest absolute Gasteiger partial charge is 0.254 e. The van der Waals surface area contributed by atoms with Crippen LogP contribution in [0.15, 0.2) is 18.3 Å². The van der Waals surface area contributed by atoms with Crippen LogP contribution in [0.2, 0.25) is 0 Å². The Morgan fingerprint density at radius 3 is 2.95 bits per heavy atom. The Morgan fingerprint density at radius 1 is 1.45 bits per heavy atom. The van der Waals surface area contributed by atoms with Crippen molar-refractivity contribution in [3.8, 4) is 0 Å². The van der Waals surface area contributed by atoms with Crippen LogP contribution in [0.1, 0.15) is 32.9 Å². The van der Waals surface area contributed by atoms with Crippen LogP contribution in [-0.2, 0) is 13.0 Å². The third-order valence-electron chi connectivity index (χ3n) is 2.92. The summed E-state index contributed by atoms with van der Waals surface area (Å²) in [5.41, 5.74) is 1.66. The van der Waals surface area contributed by atoms with Gasteiger partial charge in [-0.1, -0.05) is 6.92 Å². The quantitative estimate of drug-likeness (QED) is 0.887. The van der Waals surface area contributed by atoms with Crippen molar-refractivity contribution in [3.05, 3.63) is 39.5 Å². The van der Waals surface area contributed by atoms with E-state index in [0.717, 1.165) is 17.1 Å². The van der Waals surface area contributed by atoms with Crippen molar-refractivity contribution in [1.29, 1.82) is 0 Å². The molecule has 20 heavy (non-hydrogen) atoms. The molecule has 2 N–H and O–H groups in total. The number of thiazole rings is 1. The summed E-state index contributed by atoms with van der Waals surface area (Å²) in [6.45, 7) is 4.73. The van der Waals surface area contributed by atoms with Crippen molar-refractivity contribution in [1.82, 2.24) is 15.3 Å². The van der Waals surface area contributed by atoms with Gasteiger partial charge in [-0.15, -0.1) is 11.3 Å². The molecule has 0 aromatic carbocycles. The predicted molar refractivity (Wildman–Crippen MR) is 81.2 cm³/mol. The molecule has 0 aliphatic heterocycles. The molecule has 2 aromatic rings. The summed E-state index contributed by atoms with van der Waals surface area (Å²) >= 11 is 1.68. The van der Waals surface area contributed by atoms with Gasteiger partial charge in [0.1, 0.15) is 5.82 Å². The number of hydrogen-bond donors (Lipinski definition) is 2. The fourth-order valence-electron chi connectivity index (χ4n) is 1.95. The number of nitrogens with one attached hydrogen (secondary N) is 2. The van der Waals surface area contributed by atoms with Gasteiger partial charge >= 0.3 is 0 Å². The van der Waals surface area contributed by atoms with Crippen LogP contribution in [0.5, 0.6) is 0 Å². The van der Waals surface area contributed by atoms with Crippen molar-refractivity contribution >= 4 is 23.1 Å². The van der Waals surface area contributed by atoms with E-state index in [1.165, 1.54) is 4.88 Å². The molecule has 0 fully saturated rings. The lowest BCUT2D eigenvalue weighted by Crippen LogP contribution is -2.20. The number of aromatic nitrogens is 2. The van der Waals surface area contributed by atoms with Gasteiger partial charge in [0.2, 0.25) is 0 Å². The Balaban J connectivity index is 2.16. The van der Waals surface area contributed by atoms with Gasteiger partial charge in [0, 0.05) is 18.1 Å². The molecule has 0 radical (unpaired) electrons. The summed E-state index contributed by atoms with van der Waals surface area (Å²) < 4.78 is 0. The molecule has 1 amide bonds. The van der Waals surface area contributed by atoms with Crippen molar-refractivity contribution in [2.75, 3.05) is 12.4 Å². The Hall–Kier alpha value is -1.95. The number of pyridine rings is 1. The Labute approximate surface area is 122 Å². The molecule has 106 valence electrons. The molecule has 0 saturated carbocycles. The second kappa shape index (κ2) is 6.47. The molecule has 0 bridgehead atoms. The van der Waals surface area contributed by atoms with Crippen molar-refractivity contribution < 1.29 is 4.79 Å². The minimum Gasteiger partial charge on any atom is -0.364 e. The maximum absolute atomic E-state index is 11.8. The first-order valence-corrected chi connectivity index (χ1v) is 7.33. The number of carbonyl (C=O) groups excluding carboxylic acids is 1. The van der Waals surface area contributed by atoms with E-state index in [-0.39, 0.29) is 5.91 Å². The highest BCUT2D eigenvalue weighted by Gasteiger charge is 2.12. The van der Waals surface area contributed by atoms with Gasteiger partial charge in [-0.2, -0.15) is 0 Å². The normalized spacial score (nSPS) is 10.3. The fraction of sp³-hybridized carbons (Fsp3) is 0.357. The second-order valence-corrected chi connectivity index (χ2v) is 5.58. The summed E-state index contributed by atoms with van der Waals surface area (Å²) in [6, 6.07) is 3.51. The summed E-state index contributed by atoms with van der Waals surface area (Å²) in [5.74, 6) is 0.455. The molecule has 2 aromatic heterocycles. The maximum Gasteiger partial charge on any atom is 0.254 e. The summed E-state index contributed by atoms with van der Waals surface area (Å²) in [5, 5.41) is 6.91. The van der Waals surface area contributed by atoms with Gasteiger partial charge in [0.25, 0.3) is 5.91 Å². The molecule has 2 heterocycles. The average molecular weight is 290 g/mol. The molecular weight excluding hydrogens is 272 g/mol. The lowest BCUT2D eigenvalue weighted by atomic mass is 10.2. The highest BCUT2D eigenvalue weighted by atomic mass is 32.1. The van der Waals surface area contributed by atoms with Crippen LogP contribution in [0, 0.1) is 6.92 Å². The molecule has 0 atom stereocenters. The van der Waals surface area contributed by atoms with Gasteiger partial charge < -0.3 is 10.6 Å². The zero-order valence-corrected chi connectivity index (χ0v) is 12.7. The largest absolute Gasteiger partial charge is 0.364 e. The van der Waals surface area contributed by atoms with Crippen LogP contribution < -0.4 is 10.6 Å². The third kappa shape index (κ3) is 3.14. The van der Waals surface area contributed by atoms with E-state index in [4.69, 9.17) is 0 Å². The van der Waals surface area contributed by atoms with Crippen LogP contribution in [0.4, 0.5) is 5.82 Å². The Bertz CT molecular complexity index is 609. The van der Waals surface area contributed by atoms with Crippen LogP contribution >= 0.6 is 11.3 Å². The molecule has 0 spiro atoms. The summed E-state index contributed by atoms with van der Waals surface area (Å²) in [6.07, 6.45) is 2.58. The van der Waals surface area contributed by atoms with E-state index in [1.807, 2.05) is 6.92 Å². The van der Waals surface area contributed by atoms with Gasteiger partial charge in [0.05, 0.1) is 22.8 Å².